The number of hydrogen-bond acceptors (Lipinski definition) is 3. The first-order valence-electron chi connectivity index (χ1n) is 10.2. The molecule has 3 fully saturated rings. The van der Waals surface area contributed by atoms with E-state index in [0.29, 0.717) is 11.8 Å². The summed E-state index contributed by atoms with van der Waals surface area (Å²) in [5.41, 5.74) is 1.90. The van der Waals surface area contributed by atoms with Gasteiger partial charge in [-0.05, 0) is 42.2 Å². The van der Waals surface area contributed by atoms with E-state index < -0.39 is 6.10 Å². The van der Waals surface area contributed by atoms with E-state index in [0.717, 1.165) is 52.6 Å². The molecule has 4 heterocycles. The van der Waals surface area contributed by atoms with Crippen molar-refractivity contribution in [3.63, 3.8) is 0 Å². The van der Waals surface area contributed by atoms with Gasteiger partial charge >= 0.3 is 0 Å². The quantitative estimate of drug-likeness (QED) is 0.581. The Balaban J connectivity index is 0.00000225. The number of nitrogens with zero attached hydrogens (tertiary/aromatic N) is 2. The number of hydrogen-bond donors (Lipinski definition) is 1. The van der Waals surface area contributed by atoms with Crippen LogP contribution in [0.3, 0.4) is 0 Å². The van der Waals surface area contributed by atoms with E-state index in [9.17, 15) is 5.11 Å². The Morgan fingerprint density at radius 1 is 1.39 bits per heavy atom. The van der Waals surface area contributed by atoms with E-state index in [4.69, 9.17) is 4.74 Å². The summed E-state index contributed by atoms with van der Waals surface area (Å²) in [6, 6.07) is 8.15. The first-order valence-corrected chi connectivity index (χ1v) is 10.2. The zero-order valence-corrected chi connectivity index (χ0v) is 17.6. The summed E-state index contributed by atoms with van der Waals surface area (Å²) in [5.74, 6) is 2.04. The van der Waals surface area contributed by atoms with Gasteiger partial charge in [0.25, 0.3) is 0 Å². The molecule has 5 rings (SSSR count). The largest absolute Gasteiger partial charge is 1.00 e. The maximum Gasteiger partial charge on any atom is 0.131 e. The predicted octanol–water partition coefficient (Wildman–Crippen LogP) is 1.10. The average Bonchev–Trinajstić information content (AvgIpc) is 2.72. The summed E-state index contributed by atoms with van der Waals surface area (Å²) in [5, 5.41) is 12.6. The number of aromatic nitrogens is 1. The number of quaternary nitrogens is 1. The topological polar surface area (TPSA) is 42.4 Å². The minimum Gasteiger partial charge on any atom is -1.00 e. The van der Waals surface area contributed by atoms with Crippen LogP contribution in [0.2, 0.25) is 0 Å². The highest BCUT2D eigenvalue weighted by Gasteiger charge is 2.53. The van der Waals surface area contributed by atoms with Gasteiger partial charge < -0.3 is 26.7 Å². The fraction of sp³-hybridized carbons (Fsp3) is 0.522. The molecule has 1 N–H and O–H groups in total. The van der Waals surface area contributed by atoms with Gasteiger partial charge in [0.1, 0.15) is 17.9 Å². The van der Waals surface area contributed by atoms with E-state index >= 15 is 0 Å². The zero-order valence-electron chi connectivity index (χ0n) is 16.9. The molecule has 5 heteroatoms. The van der Waals surface area contributed by atoms with Crippen molar-refractivity contribution in [1.82, 2.24) is 4.98 Å². The lowest BCUT2D eigenvalue weighted by Crippen LogP contribution is -3.00. The second-order valence-corrected chi connectivity index (χ2v) is 8.33. The van der Waals surface area contributed by atoms with Crippen LogP contribution in [0.25, 0.3) is 10.9 Å². The van der Waals surface area contributed by atoms with E-state index in [1.807, 2.05) is 30.5 Å². The van der Waals surface area contributed by atoms with Crippen molar-refractivity contribution in [2.45, 2.75) is 38.3 Å². The van der Waals surface area contributed by atoms with Crippen molar-refractivity contribution in [3.8, 4) is 5.75 Å². The average molecular weight is 403 g/mol. The second kappa shape index (κ2) is 8.40. The molecule has 2 aromatic rings. The lowest BCUT2D eigenvalue weighted by molar-refractivity contribution is -0.973. The van der Waals surface area contributed by atoms with Crippen LogP contribution in [-0.4, -0.2) is 47.4 Å². The molecule has 0 spiro atoms. The Kier molecular flexibility index (Phi) is 6.33. The number of fused-ring (bicyclic) bond motifs is 4. The fourth-order valence-electron chi connectivity index (χ4n) is 5.67. The third kappa shape index (κ3) is 3.42. The van der Waals surface area contributed by atoms with E-state index in [2.05, 4.69) is 24.6 Å². The van der Waals surface area contributed by atoms with Crippen LogP contribution in [0, 0.1) is 11.8 Å². The molecular formula is C23H31ClN2O2. The molecule has 0 aliphatic carbocycles. The first-order chi connectivity index (χ1) is 13.1. The molecule has 0 radical (unpaired) electrons. The third-order valence-electron chi connectivity index (χ3n) is 7.01. The summed E-state index contributed by atoms with van der Waals surface area (Å²) in [7, 11) is 1.68. The van der Waals surface area contributed by atoms with Gasteiger partial charge in [-0.25, -0.2) is 0 Å². The smallest absolute Gasteiger partial charge is 0.131 e. The van der Waals surface area contributed by atoms with E-state index in [-0.39, 0.29) is 18.4 Å². The highest BCUT2D eigenvalue weighted by Crippen LogP contribution is 2.47. The number of aliphatic hydroxyl groups is 1. The maximum atomic E-state index is 11.6. The minimum absolute atomic E-state index is 0. The van der Waals surface area contributed by atoms with Gasteiger partial charge in [-0.3, -0.25) is 4.98 Å². The molecule has 1 aromatic carbocycles. The van der Waals surface area contributed by atoms with Crippen molar-refractivity contribution in [2.75, 3.05) is 26.7 Å². The number of halogens is 1. The van der Waals surface area contributed by atoms with Crippen LogP contribution in [-0.2, 0) is 0 Å². The molecule has 152 valence electrons. The molecule has 4 nitrogen and oxygen atoms in total. The number of piperidine rings is 3. The van der Waals surface area contributed by atoms with Crippen molar-refractivity contribution in [3.05, 3.63) is 48.7 Å². The van der Waals surface area contributed by atoms with Crippen LogP contribution in [0.5, 0.6) is 5.75 Å². The lowest BCUT2D eigenvalue weighted by atomic mass is 9.71. The monoisotopic (exact) mass is 402 g/mol. The number of benzene rings is 1. The summed E-state index contributed by atoms with van der Waals surface area (Å²) < 4.78 is 6.44. The summed E-state index contributed by atoms with van der Waals surface area (Å²) >= 11 is 0. The summed E-state index contributed by atoms with van der Waals surface area (Å²) in [4.78, 5) is 4.49. The third-order valence-corrected chi connectivity index (χ3v) is 7.01. The van der Waals surface area contributed by atoms with Gasteiger partial charge in [-0.2, -0.15) is 0 Å². The first kappa shape index (κ1) is 21.1. The minimum atomic E-state index is -0.484. The standard InChI is InChI=1S/C23H31N2O2.ClH/c1-4-11-25-12-9-17(16(5-2)15-25)13-22(25)23(26)19-8-10-24-21-7-6-18(27-3)14-20(19)21;/h5-8,10,14,16-17,22-23,26H,2,4,9,11-13,15H2,1,3H3;1H/q+1;/p-1/t16?,17?,22-,23-,25?;/m0./s1. The summed E-state index contributed by atoms with van der Waals surface area (Å²) in [6.07, 6.45) is 6.96. The predicted molar refractivity (Wildman–Crippen MR) is 109 cm³/mol. The Morgan fingerprint density at radius 3 is 2.93 bits per heavy atom. The second-order valence-electron chi connectivity index (χ2n) is 8.33. The van der Waals surface area contributed by atoms with Gasteiger partial charge in [0.05, 0.1) is 32.3 Å². The number of pyridine rings is 1. The molecule has 3 aliphatic rings. The van der Waals surface area contributed by atoms with Crippen molar-refractivity contribution in [1.29, 1.82) is 0 Å². The van der Waals surface area contributed by atoms with Gasteiger partial charge in [-0.1, -0.05) is 13.0 Å². The molecule has 0 saturated carbocycles. The van der Waals surface area contributed by atoms with Crippen LogP contribution in [0.15, 0.2) is 43.1 Å². The van der Waals surface area contributed by atoms with Crippen LogP contribution >= 0.6 is 0 Å². The van der Waals surface area contributed by atoms with Crippen molar-refractivity contribution in [2.24, 2.45) is 11.8 Å². The van der Waals surface area contributed by atoms with E-state index in [1.165, 1.54) is 13.0 Å². The highest BCUT2D eigenvalue weighted by atomic mass is 35.5. The fourth-order valence-corrected chi connectivity index (χ4v) is 5.67. The number of aliphatic hydroxyl groups excluding tert-OH is 1. The SMILES string of the molecule is C=CC1C[N+]2(CCC)CCC1C[C@H]2[C@@H](O)c1ccnc2ccc(OC)cc12.[Cl-]. The van der Waals surface area contributed by atoms with Gasteiger partial charge in [0.15, 0.2) is 0 Å². The Hall–Kier alpha value is -1.62. The van der Waals surface area contributed by atoms with Gasteiger partial charge in [-0.15, -0.1) is 6.58 Å². The molecule has 5 atom stereocenters. The molecule has 2 bridgehead atoms. The van der Waals surface area contributed by atoms with Crippen molar-refractivity contribution >= 4 is 10.9 Å². The number of rotatable bonds is 6. The lowest BCUT2D eigenvalue weighted by Gasteiger charge is -2.58. The van der Waals surface area contributed by atoms with Crippen LogP contribution < -0.4 is 17.1 Å². The normalized spacial score (nSPS) is 29.9. The Labute approximate surface area is 174 Å². The van der Waals surface area contributed by atoms with Crippen LogP contribution in [0.1, 0.15) is 37.9 Å². The molecular weight excluding hydrogens is 372 g/mol. The van der Waals surface area contributed by atoms with E-state index in [1.54, 1.807) is 7.11 Å². The number of ether oxygens (including phenoxy) is 1. The molecule has 3 aliphatic heterocycles. The van der Waals surface area contributed by atoms with Gasteiger partial charge in [0.2, 0.25) is 0 Å². The zero-order chi connectivity index (χ0) is 19.0. The number of methoxy groups -OCH3 is 1. The molecule has 1 aromatic heterocycles. The molecule has 3 unspecified atom stereocenters. The summed E-state index contributed by atoms with van der Waals surface area (Å²) in [6.45, 7) is 9.77. The maximum absolute atomic E-state index is 11.6. The highest BCUT2D eigenvalue weighted by molar-refractivity contribution is 5.83. The molecule has 0 amide bonds. The van der Waals surface area contributed by atoms with Crippen LogP contribution in [0.4, 0.5) is 0 Å². The molecule has 28 heavy (non-hydrogen) atoms. The van der Waals surface area contributed by atoms with Crippen molar-refractivity contribution < 1.29 is 26.7 Å². The Bertz CT molecular complexity index is 838. The van der Waals surface area contributed by atoms with Gasteiger partial charge in [0, 0.05) is 30.3 Å². The Morgan fingerprint density at radius 2 is 2.21 bits per heavy atom. The molecule has 3 saturated heterocycles.